The highest BCUT2D eigenvalue weighted by molar-refractivity contribution is 5.70. The van der Waals surface area contributed by atoms with Crippen molar-refractivity contribution < 1.29 is 4.42 Å². The third-order valence-corrected chi connectivity index (χ3v) is 1.99. The molecule has 0 unspecified atom stereocenters. The minimum absolute atomic E-state index is 0.441. The van der Waals surface area contributed by atoms with Gasteiger partial charge in [-0.2, -0.15) is 0 Å². The normalized spacial score (nSPS) is 10.3. The lowest BCUT2D eigenvalue weighted by Crippen LogP contribution is -2.08. The summed E-state index contributed by atoms with van der Waals surface area (Å²) in [6.07, 6.45) is 0. The lowest BCUT2D eigenvalue weighted by atomic mass is 10.2. The average molecular weight is 204 g/mol. The number of rotatable bonds is 2. The zero-order valence-electron chi connectivity index (χ0n) is 8.64. The van der Waals surface area contributed by atoms with Crippen LogP contribution in [0.25, 0.3) is 11.5 Å². The maximum absolute atomic E-state index is 5.80. The topological polar surface area (TPSA) is 68.2 Å². The SMILES string of the molecule is CN(C)c1nnc(-c2ccccc2N)o1. The molecule has 15 heavy (non-hydrogen) atoms. The van der Waals surface area contributed by atoms with E-state index in [9.17, 15) is 0 Å². The van der Waals surface area contributed by atoms with Crippen LogP contribution in [0.4, 0.5) is 11.7 Å². The first-order chi connectivity index (χ1) is 7.18. The summed E-state index contributed by atoms with van der Waals surface area (Å²) in [6.45, 7) is 0. The fourth-order valence-electron chi connectivity index (χ4n) is 1.20. The number of nitrogen functional groups attached to an aromatic ring is 1. The Bertz CT molecular complexity index is 464. The molecule has 0 amide bonds. The molecule has 0 aliphatic rings. The van der Waals surface area contributed by atoms with Crippen LogP contribution in [-0.2, 0) is 0 Å². The molecule has 0 spiro atoms. The third-order valence-electron chi connectivity index (χ3n) is 1.99. The number of nitrogens with two attached hydrogens (primary N) is 1. The molecule has 0 saturated carbocycles. The van der Waals surface area contributed by atoms with E-state index < -0.39 is 0 Å². The van der Waals surface area contributed by atoms with Crippen LogP contribution in [0.2, 0.25) is 0 Å². The van der Waals surface area contributed by atoms with Gasteiger partial charge in [0.05, 0.1) is 5.56 Å². The Morgan fingerprint density at radius 3 is 2.53 bits per heavy atom. The Morgan fingerprint density at radius 1 is 1.20 bits per heavy atom. The predicted octanol–water partition coefficient (Wildman–Crippen LogP) is 1.38. The number of para-hydroxylation sites is 1. The Morgan fingerprint density at radius 2 is 1.93 bits per heavy atom. The number of hydrogen-bond acceptors (Lipinski definition) is 5. The molecule has 0 aliphatic heterocycles. The van der Waals surface area contributed by atoms with E-state index in [4.69, 9.17) is 10.2 Å². The zero-order chi connectivity index (χ0) is 10.8. The van der Waals surface area contributed by atoms with E-state index in [1.54, 1.807) is 11.0 Å². The van der Waals surface area contributed by atoms with E-state index >= 15 is 0 Å². The maximum atomic E-state index is 5.80. The Kier molecular flexibility index (Phi) is 2.29. The van der Waals surface area contributed by atoms with Crippen molar-refractivity contribution >= 4 is 11.7 Å². The zero-order valence-corrected chi connectivity index (χ0v) is 8.64. The number of anilines is 2. The summed E-state index contributed by atoms with van der Waals surface area (Å²) in [5.74, 6) is 0.441. The summed E-state index contributed by atoms with van der Waals surface area (Å²) in [6, 6.07) is 7.86. The smallest absolute Gasteiger partial charge is 0.317 e. The molecular weight excluding hydrogens is 192 g/mol. The van der Waals surface area contributed by atoms with E-state index in [0.717, 1.165) is 5.56 Å². The molecule has 2 rings (SSSR count). The number of hydrogen-bond donors (Lipinski definition) is 1. The molecule has 1 heterocycles. The van der Waals surface area contributed by atoms with E-state index in [2.05, 4.69) is 10.2 Å². The standard InChI is InChI=1S/C10H12N4O/c1-14(2)10-13-12-9(15-10)7-5-3-4-6-8(7)11/h3-6H,11H2,1-2H3. The average Bonchev–Trinajstić information content (AvgIpc) is 2.67. The van der Waals surface area contributed by atoms with Gasteiger partial charge in [-0.15, -0.1) is 5.10 Å². The second-order valence-electron chi connectivity index (χ2n) is 3.37. The highest BCUT2D eigenvalue weighted by atomic mass is 16.4. The predicted molar refractivity (Wildman–Crippen MR) is 58.5 cm³/mol. The fraction of sp³-hybridized carbons (Fsp3) is 0.200. The Balaban J connectivity index is 2.42. The number of benzene rings is 1. The van der Waals surface area contributed by atoms with E-state index in [0.29, 0.717) is 17.6 Å². The van der Waals surface area contributed by atoms with Crippen molar-refractivity contribution in [3.8, 4) is 11.5 Å². The summed E-state index contributed by atoms with van der Waals surface area (Å²) >= 11 is 0. The summed E-state index contributed by atoms with van der Waals surface area (Å²) in [7, 11) is 3.68. The molecule has 5 heteroatoms. The molecule has 1 aromatic heterocycles. The van der Waals surface area contributed by atoms with Crippen LogP contribution in [0.15, 0.2) is 28.7 Å². The van der Waals surface area contributed by atoms with Crippen molar-refractivity contribution in [2.24, 2.45) is 0 Å². The van der Waals surface area contributed by atoms with Crippen LogP contribution in [0, 0.1) is 0 Å². The van der Waals surface area contributed by atoms with Crippen molar-refractivity contribution in [3.63, 3.8) is 0 Å². The molecule has 1 aromatic carbocycles. The highest BCUT2D eigenvalue weighted by Crippen LogP contribution is 2.25. The second kappa shape index (κ2) is 3.61. The van der Waals surface area contributed by atoms with Gasteiger partial charge in [-0.1, -0.05) is 17.2 Å². The lowest BCUT2D eigenvalue weighted by Gasteiger charge is -2.03. The first-order valence-corrected chi connectivity index (χ1v) is 4.54. The van der Waals surface area contributed by atoms with Crippen LogP contribution in [-0.4, -0.2) is 24.3 Å². The highest BCUT2D eigenvalue weighted by Gasteiger charge is 2.11. The van der Waals surface area contributed by atoms with E-state index in [-0.39, 0.29) is 0 Å². The van der Waals surface area contributed by atoms with Crippen molar-refractivity contribution in [3.05, 3.63) is 24.3 Å². The summed E-state index contributed by atoms with van der Waals surface area (Å²) in [5.41, 5.74) is 7.19. The van der Waals surface area contributed by atoms with Crippen LogP contribution < -0.4 is 10.6 Å². The molecule has 78 valence electrons. The molecule has 0 bridgehead atoms. The first kappa shape index (κ1) is 9.51. The molecule has 5 nitrogen and oxygen atoms in total. The van der Waals surface area contributed by atoms with Crippen molar-refractivity contribution in [2.45, 2.75) is 0 Å². The quantitative estimate of drug-likeness (QED) is 0.748. The second-order valence-corrected chi connectivity index (χ2v) is 3.37. The number of nitrogens with zero attached hydrogens (tertiary/aromatic N) is 3. The molecule has 0 aliphatic carbocycles. The van der Waals surface area contributed by atoms with Gasteiger partial charge in [0, 0.05) is 19.8 Å². The summed E-state index contributed by atoms with van der Waals surface area (Å²) in [5, 5.41) is 7.82. The van der Waals surface area contributed by atoms with Gasteiger partial charge in [0.1, 0.15) is 0 Å². The van der Waals surface area contributed by atoms with Crippen LogP contribution >= 0.6 is 0 Å². The summed E-state index contributed by atoms with van der Waals surface area (Å²) < 4.78 is 5.44. The van der Waals surface area contributed by atoms with Gasteiger partial charge >= 0.3 is 6.01 Å². The first-order valence-electron chi connectivity index (χ1n) is 4.54. The minimum Gasteiger partial charge on any atom is -0.403 e. The van der Waals surface area contributed by atoms with Gasteiger partial charge in [-0.3, -0.25) is 0 Å². The molecule has 2 aromatic rings. The van der Waals surface area contributed by atoms with Gasteiger partial charge in [0.15, 0.2) is 0 Å². The molecule has 2 N–H and O–H groups in total. The molecule has 0 fully saturated rings. The molecule has 0 radical (unpaired) electrons. The minimum atomic E-state index is 0.441. The van der Waals surface area contributed by atoms with Crippen LogP contribution in [0.3, 0.4) is 0 Å². The van der Waals surface area contributed by atoms with Gasteiger partial charge < -0.3 is 15.1 Å². The van der Waals surface area contributed by atoms with Gasteiger partial charge in [-0.05, 0) is 12.1 Å². The lowest BCUT2D eigenvalue weighted by molar-refractivity contribution is 0.566. The van der Waals surface area contributed by atoms with Crippen molar-refractivity contribution in [2.75, 3.05) is 24.7 Å². The fourth-order valence-corrected chi connectivity index (χ4v) is 1.20. The van der Waals surface area contributed by atoms with Gasteiger partial charge in [-0.25, -0.2) is 0 Å². The molecule has 0 saturated heterocycles. The van der Waals surface area contributed by atoms with Gasteiger partial charge in [0.25, 0.3) is 5.89 Å². The van der Waals surface area contributed by atoms with Crippen LogP contribution in [0.5, 0.6) is 0 Å². The largest absolute Gasteiger partial charge is 0.403 e. The Hall–Kier alpha value is -2.04. The monoisotopic (exact) mass is 204 g/mol. The maximum Gasteiger partial charge on any atom is 0.317 e. The molecule has 0 atom stereocenters. The Labute approximate surface area is 87.5 Å². The van der Waals surface area contributed by atoms with E-state index in [1.807, 2.05) is 32.3 Å². The molecular formula is C10H12N4O. The van der Waals surface area contributed by atoms with Gasteiger partial charge in [0.2, 0.25) is 0 Å². The van der Waals surface area contributed by atoms with Crippen molar-refractivity contribution in [1.82, 2.24) is 10.2 Å². The van der Waals surface area contributed by atoms with Crippen molar-refractivity contribution in [1.29, 1.82) is 0 Å². The van der Waals surface area contributed by atoms with E-state index in [1.165, 1.54) is 0 Å². The number of aromatic nitrogens is 2. The third kappa shape index (κ3) is 1.76. The van der Waals surface area contributed by atoms with Crippen LogP contribution in [0.1, 0.15) is 0 Å². The summed E-state index contributed by atoms with van der Waals surface area (Å²) in [4.78, 5) is 1.75.